The number of aliphatic hydroxyl groups is 1. The molecule has 3 nitrogen and oxygen atoms in total. The van der Waals surface area contributed by atoms with Crippen molar-refractivity contribution in [2.45, 2.75) is 6.42 Å². The highest BCUT2D eigenvalue weighted by Gasteiger charge is 2.00. The predicted octanol–water partition coefficient (Wildman–Crippen LogP) is 1.05. The zero-order valence-corrected chi connectivity index (χ0v) is 7.67. The molecule has 3 N–H and O–H groups in total. The number of pyridine rings is 1. The van der Waals surface area contributed by atoms with Crippen LogP contribution in [-0.2, 0) is 0 Å². The number of nitrogen functional groups attached to an aromatic ring is 1. The van der Waals surface area contributed by atoms with Crippen molar-refractivity contribution in [3.05, 3.63) is 22.8 Å². The SMILES string of the molecule is Nc1nccc(Cl)c1C#CCCO. The Balaban J connectivity index is 2.95. The molecule has 1 rings (SSSR count). The summed E-state index contributed by atoms with van der Waals surface area (Å²) in [6.07, 6.45) is 1.93. The molecule has 68 valence electrons. The van der Waals surface area contributed by atoms with E-state index in [0.29, 0.717) is 22.8 Å². The number of nitrogens with two attached hydrogens (primary N) is 1. The summed E-state index contributed by atoms with van der Waals surface area (Å²) in [6.45, 7) is 0.0325. The van der Waals surface area contributed by atoms with Crippen LogP contribution in [0, 0.1) is 11.8 Å². The maximum Gasteiger partial charge on any atom is 0.140 e. The van der Waals surface area contributed by atoms with E-state index in [4.69, 9.17) is 22.4 Å². The minimum Gasteiger partial charge on any atom is -0.395 e. The molecule has 0 aliphatic carbocycles. The minimum atomic E-state index is 0.0325. The highest BCUT2D eigenvalue weighted by atomic mass is 35.5. The van der Waals surface area contributed by atoms with Gasteiger partial charge in [0.1, 0.15) is 5.82 Å². The van der Waals surface area contributed by atoms with Crippen molar-refractivity contribution in [1.29, 1.82) is 0 Å². The lowest BCUT2D eigenvalue weighted by Crippen LogP contribution is -1.94. The van der Waals surface area contributed by atoms with E-state index in [-0.39, 0.29) is 6.61 Å². The van der Waals surface area contributed by atoms with Gasteiger partial charge in [-0.1, -0.05) is 23.4 Å². The molecule has 0 spiro atoms. The summed E-state index contributed by atoms with van der Waals surface area (Å²) in [6, 6.07) is 1.63. The van der Waals surface area contributed by atoms with Gasteiger partial charge in [-0.15, -0.1) is 0 Å². The Kier molecular flexibility index (Phi) is 3.56. The minimum absolute atomic E-state index is 0.0325. The molecule has 0 saturated heterocycles. The summed E-state index contributed by atoms with van der Waals surface area (Å²) in [5, 5.41) is 8.98. The van der Waals surface area contributed by atoms with Crippen LogP contribution in [-0.4, -0.2) is 16.7 Å². The number of rotatable bonds is 1. The molecule has 0 fully saturated rings. The van der Waals surface area contributed by atoms with E-state index in [2.05, 4.69) is 16.8 Å². The molecule has 0 aromatic carbocycles. The van der Waals surface area contributed by atoms with Gasteiger partial charge in [0.25, 0.3) is 0 Å². The van der Waals surface area contributed by atoms with E-state index in [1.807, 2.05) is 0 Å². The van der Waals surface area contributed by atoms with Crippen LogP contribution in [0.25, 0.3) is 0 Å². The lowest BCUT2D eigenvalue weighted by atomic mass is 10.2. The van der Waals surface area contributed by atoms with Crippen LogP contribution >= 0.6 is 11.6 Å². The van der Waals surface area contributed by atoms with E-state index in [1.54, 1.807) is 6.07 Å². The number of nitrogens with zero attached hydrogens (tertiary/aromatic N) is 1. The van der Waals surface area contributed by atoms with E-state index < -0.39 is 0 Å². The molecule has 0 amide bonds. The monoisotopic (exact) mass is 196 g/mol. The van der Waals surface area contributed by atoms with Crippen LogP contribution in [0.15, 0.2) is 12.3 Å². The standard InChI is InChI=1S/C9H9ClN2O/c10-8-4-5-12-9(11)7(8)3-1-2-6-13/h4-5,13H,2,6H2,(H2,11,12). The van der Waals surface area contributed by atoms with Crippen molar-refractivity contribution in [2.75, 3.05) is 12.3 Å². The van der Waals surface area contributed by atoms with Gasteiger partial charge in [0, 0.05) is 12.6 Å². The Labute approximate surface area is 81.5 Å². The summed E-state index contributed by atoms with van der Waals surface area (Å²) >= 11 is 5.82. The molecule has 0 aliphatic heterocycles. The molecule has 1 heterocycles. The van der Waals surface area contributed by atoms with Crippen molar-refractivity contribution in [3.8, 4) is 11.8 Å². The molecule has 0 aliphatic rings. The van der Waals surface area contributed by atoms with Gasteiger partial charge in [-0.3, -0.25) is 0 Å². The topological polar surface area (TPSA) is 59.1 Å². The van der Waals surface area contributed by atoms with Crippen molar-refractivity contribution in [2.24, 2.45) is 0 Å². The zero-order valence-electron chi connectivity index (χ0n) is 6.92. The van der Waals surface area contributed by atoms with E-state index in [0.717, 1.165) is 0 Å². The highest BCUT2D eigenvalue weighted by Crippen LogP contribution is 2.17. The van der Waals surface area contributed by atoms with Gasteiger partial charge in [-0.25, -0.2) is 4.98 Å². The van der Waals surface area contributed by atoms with Crippen LogP contribution in [0.1, 0.15) is 12.0 Å². The Morgan fingerprint density at radius 3 is 3.00 bits per heavy atom. The number of aromatic nitrogens is 1. The second kappa shape index (κ2) is 4.70. The van der Waals surface area contributed by atoms with Crippen molar-refractivity contribution < 1.29 is 5.11 Å². The first kappa shape index (κ1) is 9.85. The second-order valence-electron chi connectivity index (χ2n) is 2.33. The van der Waals surface area contributed by atoms with Gasteiger partial charge in [0.2, 0.25) is 0 Å². The van der Waals surface area contributed by atoms with Gasteiger partial charge >= 0.3 is 0 Å². The Bertz CT molecular complexity index is 334. The summed E-state index contributed by atoms with van der Waals surface area (Å²) in [7, 11) is 0. The number of hydrogen-bond acceptors (Lipinski definition) is 3. The van der Waals surface area contributed by atoms with E-state index in [9.17, 15) is 0 Å². The smallest absolute Gasteiger partial charge is 0.140 e. The number of aliphatic hydroxyl groups excluding tert-OH is 1. The molecule has 0 unspecified atom stereocenters. The fourth-order valence-corrected chi connectivity index (χ4v) is 0.984. The van der Waals surface area contributed by atoms with Crippen LogP contribution in [0.4, 0.5) is 5.82 Å². The quantitative estimate of drug-likeness (QED) is 0.661. The number of halogens is 1. The fourth-order valence-electron chi connectivity index (χ4n) is 0.784. The normalized spacial score (nSPS) is 9.08. The van der Waals surface area contributed by atoms with E-state index >= 15 is 0 Å². The van der Waals surface area contributed by atoms with Crippen molar-refractivity contribution in [3.63, 3.8) is 0 Å². The third-order valence-electron chi connectivity index (χ3n) is 1.38. The highest BCUT2D eigenvalue weighted by molar-refractivity contribution is 6.32. The predicted molar refractivity (Wildman–Crippen MR) is 52.2 cm³/mol. The lowest BCUT2D eigenvalue weighted by molar-refractivity contribution is 0.305. The maximum absolute atomic E-state index is 8.50. The van der Waals surface area contributed by atoms with Crippen LogP contribution < -0.4 is 5.73 Å². The number of anilines is 1. The fraction of sp³-hybridized carbons (Fsp3) is 0.222. The Morgan fingerprint density at radius 2 is 2.38 bits per heavy atom. The molecule has 0 bridgehead atoms. The lowest BCUT2D eigenvalue weighted by Gasteiger charge is -1.97. The molecular weight excluding hydrogens is 188 g/mol. The van der Waals surface area contributed by atoms with Crippen LogP contribution in [0.2, 0.25) is 5.02 Å². The largest absolute Gasteiger partial charge is 0.395 e. The Morgan fingerprint density at radius 1 is 1.62 bits per heavy atom. The van der Waals surface area contributed by atoms with Crippen LogP contribution in [0.3, 0.4) is 0 Å². The van der Waals surface area contributed by atoms with Crippen LogP contribution in [0.5, 0.6) is 0 Å². The molecule has 1 aromatic heterocycles. The number of hydrogen-bond donors (Lipinski definition) is 2. The molecule has 4 heteroatoms. The molecule has 13 heavy (non-hydrogen) atoms. The molecule has 1 aromatic rings. The van der Waals surface area contributed by atoms with Crippen molar-refractivity contribution in [1.82, 2.24) is 4.98 Å². The van der Waals surface area contributed by atoms with Gasteiger partial charge in [-0.05, 0) is 6.07 Å². The average Bonchev–Trinajstić information content (AvgIpc) is 2.10. The summed E-state index contributed by atoms with van der Waals surface area (Å²) in [5.74, 6) is 5.80. The van der Waals surface area contributed by atoms with Gasteiger partial charge in [0.15, 0.2) is 0 Å². The zero-order chi connectivity index (χ0) is 9.68. The first-order valence-corrected chi connectivity index (χ1v) is 4.13. The summed E-state index contributed by atoms with van der Waals surface area (Å²) in [5.41, 5.74) is 6.07. The summed E-state index contributed by atoms with van der Waals surface area (Å²) in [4.78, 5) is 3.85. The van der Waals surface area contributed by atoms with E-state index in [1.165, 1.54) is 6.20 Å². The first-order chi connectivity index (χ1) is 6.25. The molecule has 0 atom stereocenters. The second-order valence-corrected chi connectivity index (χ2v) is 2.74. The molecular formula is C9H9ClN2O. The first-order valence-electron chi connectivity index (χ1n) is 3.75. The van der Waals surface area contributed by atoms with Gasteiger partial charge in [-0.2, -0.15) is 0 Å². The maximum atomic E-state index is 8.50. The third-order valence-corrected chi connectivity index (χ3v) is 1.69. The Hall–Kier alpha value is -1.24. The van der Waals surface area contributed by atoms with Crippen molar-refractivity contribution >= 4 is 17.4 Å². The molecule has 0 saturated carbocycles. The third kappa shape index (κ3) is 2.62. The van der Waals surface area contributed by atoms with Gasteiger partial charge < -0.3 is 10.8 Å². The molecule has 0 radical (unpaired) electrons. The van der Waals surface area contributed by atoms with Gasteiger partial charge in [0.05, 0.1) is 17.2 Å². The average molecular weight is 197 g/mol. The summed E-state index contributed by atoms with van der Waals surface area (Å²) < 4.78 is 0.